The molecule has 1 heterocycles. The Morgan fingerprint density at radius 2 is 1.95 bits per heavy atom. The molecule has 2 rings (SSSR count). The Bertz CT molecular complexity index is 568. The highest BCUT2D eigenvalue weighted by molar-refractivity contribution is 5.81. The maximum atomic E-state index is 10.7. The minimum absolute atomic E-state index is 0.0501. The van der Waals surface area contributed by atoms with Crippen molar-refractivity contribution in [3.05, 3.63) is 12.1 Å². The van der Waals surface area contributed by atoms with E-state index in [1.54, 1.807) is 14.2 Å². The number of nitrogens with one attached hydrogen (secondary N) is 3. The smallest absolute Gasteiger partial charge is 0.216 e. The van der Waals surface area contributed by atoms with E-state index in [2.05, 4.69) is 20.6 Å². The lowest BCUT2D eigenvalue weighted by molar-refractivity contribution is -0.118. The van der Waals surface area contributed by atoms with Gasteiger partial charge >= 0.3 is 0 Å². The molecule has 108 valence electrons. The zero-order chi connectivity index (χ0) is 14.5. The molecule has 0 aliphatic rings. The van der Waals surface area contributed by atoms with Gasteiger partial charge in [-0.2, -0.15) is 0 Å². The van der Waals surface area contributed by atoms with Crippen molar-refractivity contribution in [2.24, 2.45) is 0 Å². The summed E-state index contributed by atoms with van der Waals surface area (Å²) in [5, 5.41) is 5.80. The molecule has 7 heteroatoms. The van der Waals surface area contributed by atoms with Gasteiger partial charge in [-0.25, -0.2) is 4.98 Å². The van der Waals surface area contributed by atoms with Crippen LogP contribution in [0.5, 0.6) is 11.5 Å². The van der Waals surface area contributed by atoms with E-state index in [1.807, 2.05) is 12.1 Å². The second-order valence-corrected chi connectivity index (χ2v) is 4.22. The number of imidazole rings is 1. The largest absolute Gasteiger partial charge is 0.493 e. The first-order valence-corrected chi connectivity index (χ1v) is 6.24. The molecule has 0 atom stereocenters. The molecule has 0 radical (unpaired) electrons. The monoisotopic (exact) mass is 278 g/mol. The first-order chi connectivity index (χ1) is 9.63. The fourth-order valence-electron chi connectivity index (χ4n) is 1.84. The molecule has 2 aromatic rings. The van der Waals surface area contributed by atoms with E-state index >= 15 is 0 Å². The number of rotatable bonds is 6. The number of fused-ring (bicyclic) bond motifs is 1. The van der Waals surface area contributed by atoms with Crippen LogP contribution in [0.15, 0.2) is 12.1 Å². The zero-order valence-electron chi connectivity index (χ0n) is 11.7. The summed E-state index contributed by atoms with van der Waals surface area (Å²) in [5.74, 6) is 1.87. The summed E-state index contributed by atoms with van der Waals surface area (Å²) in [6.45, 7) is 2.62. The Morgan fingerprint density at radius 1 is 1.25 bits per heavy atom. The molecular weight excluding hydrogens is 260 g/mol. The van der Waals surface area contributed by atoms with Gasteiger partial charge in [-0.3, -0.25) is 4.79 Å². The average Bonchev–Trinajstić information content (AvgIpc) is 2.83. The standard InChI is InChI=1S/C13H18N4O3/c1-8(18)14-4-5-15-13-16-9-6-11(19-2)12(20-3)7-10(9)17-13/h6-7H,4-5H2,1-3H3,(H,14,18)(H2,15,16,17). The van der Waals surface area contributed by atoms with Crippen LogP contribution in [0.25, 0.3) is 11.0 Å². The van der Waals surface area contributed by atoms with Crippen molar-refractivity contribution >= 4 is 22.9 Å². The summed E-state index contributed by atoms with van der Waals surface area (Å²) in [4.78, 5) is 18.3. The second-order valence-electron chi connectivity index (χ2n) is 4.22. The topological polar surface area (TPSA) is 88.3 Å². The van der Waals surface area contributed by atoms with Gasteiger partial charge in [0.1, 0.15) is 0 Å². The zero-order valence-corrected chi connectivity index (χ0v) is 11.7. The van der Waals surface area contributed by atoms with Gasteiger partial charge in [-0.1, -0.05) is 0 Å². The molecule has 1 aromatic heterocycles. The lowest BCUT2D eigenvalue weighted by Crippen LogP contribution is -2.26. The number of H-pyrrole nitrogens is 1. The summed E-state index contributed by atoms with van der Waals surface area (Å²) >= 11 is 0. The summed E-state index contributed by atoms with van der Waals surface area (Å²) < 4.78 is 10.5. The van der Waals surface area contributed by atoms with Crippen LogP contribution >= 0.6 is 0 Å². The fourth-order valence-corrected chi connectivity index (χ4v) is 1.84. The molecule has 0 saturated heterocycles. The van der Waals surface area contributed by atoms with E-state index in [4.69, 9.17) is 9.47 Å². The number of hydrogen-bond donors (Lipinski definition) is 3. The molecule has 7 nitrogen and oxygen atoms in total. The van der Waals surface area contributed by atoms with Gasteiger partial charge < -0.3 is 25.1 Å². The van der Waals surface area contributed by atoms with Crippen LogP contribution in [-0.4, -0.2) is 43.2 Å². The Balaban J connectivity index is 2.10. The van der Waals surface area contributed by atoms with E-state index in [0.29, 0.717) is 30.5 Å². The number of carbonyl (C=O) groups is 1. The Labute approximate surface area is 116 Å². The van der Waals surface area contributed by atoms with E-state index in [0.717, 1.165) is 11.0 Å². The number of amides is 1. The number of ether oxygens (including phenoxy) is 2. The third-order valence-electron chi connectivity index (χ3n) is 2.78. The Morgan fingerprint density at radius 3 is 2.60 bits per heavy atom. The van der Waals surface area contributed by atoms with Gasteiger partial charge in [-0.05, 0) is 0 Å². The number of benzene rings is 1. The molecule has 20 heavy (non-hydrogen) atoms. The number of nitrogens with zero attached hydrogens (tertiary/aromatic N) is 1. The molecular formula is C13H18N4O3. The molecule has 0 bridgehead atoms. The SMILES string of the molecule is COc1cc2nc(NCCNC(C)=O)[nH]c2cc1OC. The van der Waals surface area contributed by atoms with Gasteiger partial charge in [0, 0.05) is 32.1 Å². The van der Waals surface area contributed by atoms with Crippen molar-refractivity contribution in [2.45, 2.75) is 6.92 Å². The minimum atomic E-state index is -0.0501. The highest BCUT2D eigenvalue weighted by Crippen LogP contribution is 2.31. The highest BCUT2D eigenvalue weighted by atomic mass is 16.5. The van der Waals surface area contributed by atoms with Crippen LogP contribution < -0.4 is 20.1 Å². The van der Waals surface area contributed by atoms with Gasteiger partial charge in [0.25, 0.3) is 0 Å². The van der Waals surface area contributed by atoms with Crippen molar-refractivity contribution in [1.82, 2.24) is 15.3 Å². The van der Waals surface area contributed by atoms with Crippen LogP contribution in [-0.2, 0) is 4.79 Å². The lowest BCUT2D eigenvalue weighted by atomic mass is 10.3. The van der Waals surface area contributed by atoms with E-state index < -0.39 is 0 Å². The molecule has 1 amide bonds. The van der Waals surface area contributed by atoms with Gasteiger partial charge in [0.15, 0.2) is 11.5 Å². The van der Waals surface area contributed by atoms with Crippen LogP contribution in [0, 0.1) is 0 Å². The third-order valence-corrected chi connectivity index (χ3v) is 2.78. The number of aromatic amines is 1. The second kappa shape index (κ2) is 6.14. The van der Waals surface area contributed by atoms with E-state index in [1.165, 1.54) is 6.92 Å². The molecule has 0 aliphatic heterocycles. The van der Waals surface area contributed by atoms with Crippen LogP contribution in [0.3, 0.4) is 0 Å². The van der Waals surface area contributed by atoms with Gasteiger partial charge in [0.2, 0.25) is 11.9 Å². The van der Waals surface area contributed by atoms with Gasteiger partial charge in [0.05, 0.1) is 25.3 Å². The van der Waals surface area contributed by atoms with Crippen molar-refractivity contribution in [1.29, 1.82) is 0 Å². The van der Waals surface area contributed by atoms with E-state index in [-0.39, 0.29) is 5.91 Å². The summed E-state index contributed by atoms with van der Waals surface area (Å²) in [6.07, 6.45) is 0. The molecule has 0 fully saturated rings. The maximum absolute atomic E-state index is 10.7. The normalized spacial score (nSPS) is 10.3. The molecule has 0 saturated carbocycles. The molecule has 0 aliphatic carbocycles. The summed E-state index contributed by atoms with van der Waals surface area (Å²) in [7, 11) is 3.18. The van der Waals surface area contributed by atoms with Crippen molar-refractivity contribution in [3.63, 3.8) is 0 Å². The number of anilines is 1. The minimum Gasteiger partial charge on any atom is -0.493 e. The first kappa shape index (κ1) is 14.0. The van der Waals surface area contributed by atoms with E-state index in [9.17, 15) is 4.79 Å². The fraction of sp³-hybridized carbons (Fsp3) is 0.385. The highest BCUT2D eigenvalue weighted by Gasteiger charge is 2.09. The summed E-state index contributed by atoms with van der Waals surface area (Å²) in [6, 6.07) is 3.64. The first-order valence-electron chi connectivity index (χ1n) is 6.24. The Kier molecular flexibility index (Phi) is 4.29. The number of methoxy groups -OCH3 is 2. The maximum Gasteiger partial charge on any atom is 0.216 e. The lowest BCUT2D eigenvalue weighted by Gasteiger charge is -2.06. The number of hydrogen-bond acceptors (Lipinski definition) is 5. The predicted octanol–water partition coefficient (Wildman–Crippen LogP) is 1.13. The quantitative estimate of drug-likeness (QED) is 0.689. The van der Waals surface area contributed by atoms with Crippen LogP contribution in [0.4, 0.5) is 5.95 Å². The molecule has 3 N–H and O–H groups in total. The molecule has 1 aromatic carbocycles. The molecule has 0 unspecified atom stereocenters. The van der Waals surface area contributed by atoms with Crippen molar-refractivity contribution in [2.75, 3.05) is 32.6 Å². The number of aromatic nitrogens is 2. The predicted molar refractivity (Wildman–Crippen MR) is 76.4 cm³/mol. The van der Waals surface area contributed by atoms with Gasteiger partial charge in [-0.15, -0.1) is 0 Å². The van der Waals surface area contributed by atoms with Crippen molar-refractivity contribution < 1.29 is 14.3 Å². The molecule has 0 spiro atoms. The van der Waals surface area contributed by atoms with Crippen molar-refractivity contribution in [3.8, 4) is 11.5 Å². The average molecular weight is 278 g/mol. The summed E-state index contributed by atoms with van der Waals surface area (Å²) in [5.41, 5.74) is 1.63. The van der Waals surface area contributed by atoms with Crippen LogP contribution in [0.2, 0.25) is 0 Å². The van der Waals surface area contributed by atoms with Crippen LogP contribution in [0.1, 0.15) is 6.92 Å². The third kappa shape index (κ3) is 3.11. The Hall–Kier alpha value is -2.44. The number of carbonyl (C=O) groups excluding carboxylic acids is 1.